The first-order valence-corrected chi connectivity index (χ1v) is 7.72. The minimum Gasteiger partial charge on any atom is -0.294 e. The van der Waals surface area contributed by atoms with Crippen molar-refractivity contribution in [3.8, 4) is 12.1 Å². The molecular formula is C20H16N2O. The van der Waals surface area contributed by atoms with E-state index in [4.69, 9.17) is 0 Å². The molecular weight excluding hydrogens is 284 g/mol. The Labute approximate surface area is 135 Å². The van der Waals surface area contributed by atoms with Crippen molar-refractivity contribution in [3.63, 3.8) is 0 Å². The minimum atomic E-state index is -0.823. The second-order valence-corrected chi connectivity index (χ2v) is 5.84. The topological polar surface area (TPSA) is 64.7 Å². The van der Waals surface area contributed by atoms with Gasteiger partial charge in [0.05, 0.1) is 12.1 Å². The van der Waals surface area contributed by atoms with Gasteiger partial charge in [-0.05, 0) is 24.0 Å². The monoisotopic (exact) mass is 300 g/mol. The molecule has 0 N–H and O–H groups in total. The van der Waals surface area contributed by atoms with Crippen molar-refractivity contribution < 1.29 is 4.79 Å². The molecule has 1 aliphatic rings. The van der Waals surface area contributed by atoms with Crippen LogP contribution >= 0.6 is 0 Å². The summed E-state index contributed by atoms with van der Waals surface area (Å²) in [5, 5.41) is 18.8. The molecule has 2 atom stereocenters. The normalized spacial score (nSPS) is 17.9. The molecule has 0 saturated heterocycles. The molecule has 23 heavy (non-hydrogen) atoms. The van der Waals surface area contributed by atoms with Gasteiger partial charge in [0.25, 0.3) is 0 Å². The van der Waals surface area contributed by atoms with Gasteiger partial charge in [0.1, 0.15) is 5.92 Å². The van der Waals surface area contributed by atoms with Crippen LogP contribution in [0.5, 0.6) is 0 Å². The molecule has 0 radical (unpaired) electrons. The Kier molecular flexibility index (Phi) is 4.22. The molecule has 0 heterocycles. The van der Waals surface area contributed by atoms with Crippen molar-refractivity contribution in [2.24, 2.45) is 11.8 Å². The summed E-state index contributed by atoms with van der Waals surface area (Å²) >= 11 is 0. The van der Waals surface area contributed by atoms with Crippen molar-refractivity contribution in [1.29, 1.82) is 10.5 Å². The second kappa shape index (κ2) is 6.46. The van der Waals surface area contributed by atoms with E-state index in [1.54, 1.807) is 0 Å². The number of carbonyl (C=O) groups is 1. The Morgan fingerprint density at radius 3 is 2.30 bits per heavy atom. The van der Waals surface area contributed by atoms with Crippen molar-refractivity contribution in [2.45, 2.75) is 18.8 Å². The molecule has 2 aromatic carbocycles. The largest absolute Gasteiger partial charge is 0.294 e. The highest BCUT2D eigenvalue weighted by atomic mass is 16.1. The number of nitrogens with zero attached hydrogens (tertiary/aromatic N) is 2. The van der Waals surface area contributed by atoms with E-state index in [0.717, 1.165) is 23.1 Å². The summed E-state index contributed by atoms with van der Waals surface area (Å²) in [7, 11) is 0. The van der Waals surface area contributed by atoms with Crippen LogP contribution in [0.3, 0.4) is 0 Å². The van der Waals surface area contributed by atoms with Gasteiger partial charge in [-0.3, -0.25) is 4.79 Å². The van der Waals surface area contributed by atoms with Gasteiger partial charge >= 0.3 is 0 Å². The third-order valence-corrected chi connectivity index (χ3v) is 4.60. The fourth-order valence-electron chi connectivity index (χ4n) is 3.48. The standard InChI is InChI=1S/C20H16N2O/c21-12-16(13-22)19(15-7-2-1-3-8-15)18-11-10-14-6-4-5-9-17(14)20(18)23/h1-9,16,18-19H,10-11H2. The Morgan fingerprint density at radius 1 is 0.957 bits per heavy atom. The summed E-state index contributed by atoms with van der Waals surface area (Å²) in [6.07, 6.45) is 1.48. The molecule has 3 rings (SSSR count). The summed E-state index contributed by atoms with van der Waals surface area (Å²) in [5.41, 5.74) is 2.68. The first-order chi connectivity index (χ1) is 11.3. The van der Waals surface area contributed by atoms with E-state index < -0.39 is 5.92 Å². The van der Waals surface area contributed by atoms with E-state index >= 15 is 0 Å². The Bertz CT molecular complexity index is 784. The third kappa shape index (κ3) is 2.74. The van der Waals surface area contributed by atoms with Crippen LogP contribution in [0.15, 0.2) is 54.6 Å². The highest BCUT2D eigenvalue weighted by molar-refractivity contribution is 6.00. The van der Waals surface area contributed by atoms with Crippen molar-refractivity contribution in [3.05, 3.63) is 71.3 Å². The fraction of sp³-hybridized carbons (Fsp3) is 0.250. The highest BCUT2D eigenvalue weighted by Gasteiger charge is 2.38. The fourth-order valence-corrected chi connectivity index (χ4v) is 3.48. The minimum absolute atomic E-state index is 0.0520. The predicted octanol–water partition coefficient (Wildman–Crippen LogP) is 3.88. The third-order valence-electron chi connectivity index (χ3n) is 4.60. The maximum absolute atomic E-state index is 12.9. The number of ketones is 1. The lowest BCUT2D eigenvalue weighted by atomic mass is 9.69. The van der Waals surface area contributed by atoms with E-state index in [2.05, 4.69) is 12.1 Å². The molecule has 0 spiro atoms. The number of hydrogen-bond donors (Lipinski definition) is 0. The smallest absolute Gasteiger partial charge is 0.166 e. The Hall–Kier alpha value is -2.91. The molecule has 3 nitrogen and oxygen atoms in total. The molecule has 2 aromatic rings. The molecule has 2 unspecified atom stereocenters. The molecule has 0 amide bonds. The zero-order valence-electron chi connectivity index (χ0n) is 12.6. The number of fused-ring (bicyclic) bond motifs is 1. The zero-order valence-corrected chi connectivity index (χ0v) is 12.6. The number of carbonyl (C=O) groups excluding carboxylic acids is 1. The Morgan fingerprint density at radius 2 is 1.61 bits per heavy atom. The quantitative estimate of drug-likeness (QED) is 0.864. The van der Waals surface area contributed by atoms with Crippen LogP contribution < -0.4 is 0 Å². The average Bonchev–Trinajstić information content (AvgIpc) is 2.61. The summed E-state index contributed by atoms with van der Waals surface area (Å²) in [6, 6.07) is 21.3. The van der Waals surface area contributed by atoms with Gasteiger partial charge in [0, 0.05) is 17.4 Å². The maximum atomic E-state index is 12.9. The van der Waals surface area contributed by atoms with Gasteiger partial charge in [0.2, 0.25) is 0 Å². The highest BCUT2D eigenvalue weighted by Crippen LogP contribution is 2.39. The predicted molar refractivity (Wildman–Crippen MR) is 86.5 cm³/mol. The van der Waals surface area contributed by atoms with Crippen LogP contribution in [0.4, 0.5) is 0 Å². The first kappa shape index (κ1) is 15.0. The van der Waals surface area contributed by atoms with E-state index in [1.165, 1.54) is 0 Å². The molecule has 0 aromatic heterocycles. The second-order valence-electron chi connectivity index (χ2n) is 5.84. The molecule has 0 saturated carbocycles. The van der Waals surface area contributed by atoms with Gasteiger partial charge in [-0.2, -0.15) is 10.5 Å². The zero-order chi connectivity index (χ0) is 16.2. The van der Waals surface area contributed by atoms with Gasteiger partial charge in [0.15, 0.2) is 5.78 Å². The lowest BCUT2D eigenvalue weighted by Gasteiger charge is -2.31. The van der Waals surface area contributed by atoms with E-state index in [1.807, 2.05) is 54.6 Å². The molecule has 112 valence electrons. The van der Waals surface area contributed by atoms with Crippen LogP contribution in [0.25, 0.3) is 0 Å². The summed E-state index contributed by atoms with van der Waals surface area (Å²) in [4.78, 5) is 12.9. The molecule has 1 aliphatic carbocycles. The van der Waals surface area contributed by atoms with Gasteiger partial charge in [-0.1, -0.05) is 54.6 Å². The van der Waals surface area contributed by atoms with Crippen LogP contribution in [0.1, 0.15) is 33.8 Å². The van der Waals surface area contributed by atoms with Crippen LogP contribution in [0.2, 0.25) is 0 Å². The number of aryl methyl sites for hydroxylation is 1. The summed E-state index contributed by atoms with van der Waals surface area (Å²) in [6.45, 7) is 0. The van der Waals surface area contributed by atoms with Gasteiger partial charge in [-0.25, -0.2) is 0 Å². The van der Waals surface area contributed by atoms with Crippen molar-refractivity contribution in [2.75, 3.05) is 0 Å². The molecule has 3 heteroatoms. The molecule has 0 bridgehead atoms. The maximum Gasteiger partial charge on any atom is 0.166 e. The number of Topliss-reactive ketones (excluding diaryl/α,β-unsaturated/α-hetero) is 1. The average molecular weight is 300 g/mol. The number of rotatable bonds is 3. The van der Waals surface area contributed by atoms with Crippen molar-refractivity contribution in [1.82, 2.24) is 0 Å². The molecule has 0 aliphatic heterocycles. The van der Waals surface area contributed by atoms with Crippen LogP contribution in [0, 0.1) is 34.5 Å². The van der Waals surface area contributed by atoms with Gasteiger partial charge < -0.3 is 0 Å². The first-order valence-electron chi connectivity index (χ1n) is 7.72. The van der Waals surface area contributed by atoms with E-state index in [-0.39, 0.29) is 17.6 Å². The Balaban J connectivity index is 2.04. The van der Waals surface area contributed by atoms with E-state index in [9.17, 15) is 15.3 Å². The van der Waals surface area contributed by atoms with Gasteiger partial charge in [-0.15, -0.1) is 0 Å². The lowest BCUT2D eigenvalue weighted by molar-refractivity contribution is 0.0872. The van der Waals surface area contributed by atoms with Crippen molar-refractivity contribution >= 4 is 5.78 Å². The van der Waals surface area contributed by atoms with Crippen LogP contribution in [-0.2, 0) is 6.42 Å². The summed E-state index contributed by atoms with van der Waals surface area (Å²) in [5.74, 6) is -1.48. The summed E-state index contributed by atoms with van der Waals surface area (Å²) < 4.78 is 0. The SMILES string of the molecule is N#CC(C#N)C(c1ccccc1)C1CCc2ccccc2C1=O. The van der Waals surface area contributed by atoms with Crippen LogP contribution in [-0.4, -0.2) is 5.78 Å². The number of nitriles is 2. The number of hydrogen-bond acceptors (Lipinski definition) is 3. The number of benzene rings is 2. The van der Waals surface area contributed by atoms with E-state index in [0.29, 0.717) is 6.42 Å². The molecule has 0 fully saturated rings. The lowest BCUT2D eigenvalue weighted by Crippen LogP contribution is -2.31.